The molecule has 2 N–H and O–H groups in total. The molecule has 26 heavy (non-hydrogen) atoms. The summed E-state index contributed by atoms with van der Waals surface area (Å²) in [7, 11) is -4.02. The van der Waals surface area contributed by atoms with Crippen molar-refractivity contribution >= 4 is 28.3 Å². The van der Waals surface area contributed by atoms with Crippen LogP contribution >= 0.6 is 12.4 Å². The van der Waals surface area contributed by atoms with Gasteiger partial charge in [0.15, 0.2) is 0 Å². The van der Waals surface area contributed by atoms with Crippen molar-refractivity contribution in [2.24, 2.45) is 0 Å². The second-order valence-corrected chi connectivity index (χ2v) is 7.31. The minimum absolute atomic E-state index is 0. The van der Waals surface area contributed by atoms with Crippen LogP contribution in [-0.4, -0.2) is 57.8 Å². The molecule has 1 saturated heterocycles. The van der Waals surface area contributed by atoms with Gasteiger partial charge in [0.05, 0.1) is 11.4 Å². The molecule has 0 bridgehead atoms. The van der Waals surface area contributed by atoms with E-state index in [-0.39, 0.29) is 29.3 Å². The number of amides is 1. The number of nitrogens with zero attached hydrogens (tertiary/aromatic N) is 1. The first-order valence-electron chi connectivity index (χ1n) is 7.43. The number of sulfonamides is 1. The van der Waals surface area contributed by atoms with Crippen LogP contribution in [0.4, 0.5) is 13.2 Å². The maximum absolute atomic E-state index is 12.1. The first-order chi connectivity index (χ1) is 11.6. The van der Waals surface area contributed by atoms with Crippen LogP contribution in [0.5, 0.6) is 5.75 Å². The second-order valence-electron chi connectivity index (χ2n) is 5.54. The van der Waals surface area contributed by atoms with Gasteiger partial charge in [-0.2, -0.15) is 0 Å². The molecule has 0 radical (unpaired) electrons. The van der Waals surface area contributed by atoms with Crippen molar-refractivity contribution in [1.82, 2.24) is 14.9 Å². The average molecular weight is 418 g/mol. The Labute approximate surface area is 155 Å². The van der Waals surface area contributed by atoms with E-state index in [0.29, 0.717) is 19.6 Å². The van der Waals surface area contributed by atoms with Gasteiger partial charge in [0, 0.05) is 25.7 Å². The minimum atomic E-state index is -4.86. The zero-order chi connectivity index (χ0) is 18.7. The Kier molecular flexibility index (Phi) is 7.69. The lowest BCUT2D eigenvalue weighted by Gasteiger charge is -2.31. The van der Waals surface area contributed by atoms with Crippen LogP contribution in [0.2, 0.25) is 0 Å². The molecule has 0 saturated carbocycles. The fraction of sp³-hybridized carbons (Fsp3) is 0.500. The Morgan fingerprint density at radius 3 is 2.50 bits per heavy atom. The Balaban J connectivity index is 0.00000338. The number of halogens is 4. The third kappa shape index (κ3) is 6.63. The molecule has 0 aromatic heterocycles. The minimum Gasteiger partial charge on any atom is -0.406 e. The summed E-state index contributed by atoms with van der Waals surface area (Å²) in [6.07, 6.45) is -4.86. The lowest BCUT2D eigenvalue weighted by molar-refractivity contribution is -0.274. The highest BCUT2D eigenvalue weighted by Crippen LogP contribution is 2.23. The van der Waals surface area contributed by atoms with Gasteiger partial charge in [0.2, 0.25) is 15.9 Å². The quantitative estimate of drug-likeness (QED) is 0.749. The number of benzene rings is 1. The smallest absolute Gasteiger partial charge is 0.406 e. The Hall–Kier alpha value is -1.56. The van der Waals surface area contributed by atoms with E-state index < -0.39 is 28.7 Å². The molecule has 1 aromatic carbocycles. The second kappa shape index (κ2) is 8.89. The van der Waals surface area contributed by atoms with Crippen molar-refractivity contribution in [2.45, 2.75) is 24.2 Å². The van der Waals surface area contributed by atoms with Crippen molar-refractivity contribution in [3.63, 3.8) is 0 Å². The first kappa shape index (κ1) is 22.5. The van der Waals surface area contributed by atoms with Crippen molar-refractivity contribution in [2.75, 3.05) is 26.2 Å². The highest BCUT2D eigenvalue weighted by Gasteiger charge is 2.31. The van der Waals surface area contributed by atoms with E-state index in [2.05, 4.69) is 14.8 Å². The highest BCUT2D eigenvalue weighted by atomic mass is 35.5. The number of alkyl halides is 3. The molecule has 12 heteroatoms. The van der Waals surface area contributed by atoms with Crippen LogP contribution < -0.4 is 14.8 Å². The van der Waals surface area contributed by atoms with Crippen molar-refractivity contribution in [1.29, 1.82) is 0 Å². The lowest BCUT2D eigenvalue weighted by Crippen LogP contribution is -2.53. The number of hydrogen-bond donors (Lipinski definition) is 2. The van der Waals surface area contributed by atoms with Gasteiger partial charge in [0.1, 0.15) is 5.75 Å². The molecule has 0 aliphatic carbocycles. The number of nitrogens with one attached hydrogen (secondary N) is 2. The van der Waals surface area contributed by atoms with Crippen LogP contribution in [0.15, 0.2) is 29.2 Å². The van der Waals surface area contributed by atoms with Crippen LogP contribution in [0.3, 0.4) is 0 Å². The number of carbonyl (C=O) groups is 1. The summed E-state index contributed by atoms with van der Waals surface area (Å²) in [5.74, 6) is -0.897. The van der Waals surface area contributed by atoms with Gasteiger partial charge < -0.3 is 15.0 Å². The lowest BCUT2D eigenvalue weighted by atomic mass is 10.2. The van der Waals surface area contributed by atoms with Crippen LogP contribution in [-0.2, 0) is 14.8 Å². The molecule has 1 unspecified atom stereocenters. The molecule has 1 aliphatic heterocycles. The molecule has 1 fully saturated rings. The van der Waals surface area contributed by atoms with Crippen molar-refractivity contribution in [3.05, 3.63) is 24.3 Å². The van der Waals surface area contributed by atoms with Crippen LogP contribution in [0, 0.1) is 0 Å². The summed E-state index contributed by atoms with van der Waals surface area (Å²) in [5.41, 5.74) is 0. The monoisotopic (exact) mass is 417 g/mol. The van der Waals surface area contributed by atoms with E-state index in [1.807, 2.05) is 6.92 Å². The molecule has 1 amide bonds. The van der Waals surface area contributed by atoms with Gasteiger partial charge in [-0.15, -0.1) is 25.6 Å². The molecule has 1 aliphatic rings. The molecule has 0 spiro atoms. The summed E-state index contributed by atoms with van der Waals surface area (Å²) in [6.45, 7) is 3.07. The third-order valence-electron chi connectivity index (χ3n) is 3.50. The molecular formula is C14H19ClF3N3O4S. The van der Waals surface area contributed by atoms with Crippen LogP contribution in [0.25, 0.3) is 0 Å². The number of ether oxygens (including phenoxy) is 1. The van der Waals surface area contributed by atoms with Gasteiger partial charge >= 0.3 is 6.36 Å². The van der Waals surface area contributed by atoms with Gasteiger partial charge in [-0.25, -0.2) is 13.1 Å². The van der Waals surface area contributed by atoms with E-state index in [0.717, 1.165) is 24.3 Å². The summed E-state index contributed by atoms with van der Waals surface area (Å²) in [5, 5.41) is 3.16. The fourth-order valence-electron chi connectivity index (χ4n) is 2.33. The number of rotatable bonds is 5. The molecule has 148 valence electrons. The van der Waals surface area contributed by atoms with Crippen molar-refractivity contribution < 1.29 is 31.1 Å². The summed E-state index contributed by atoms with van der Waals surface area (Å²) >= 11 is 0. The zero-order valence-corrected chi connectivity index (χ0v) is 15.4. The number of carbonyl (C=O) groups excluding carboxylic acids is 1. The van der Waals surface area contributed by atoms with E-state index in [1.54, 1.807) is 4.90 Å². The Morgan fingerprint density at radius 1 is 1.35 bits per heavy atom. The van der Waals surface area contributed by atoms with Gasteiger partial charge in [-0.3, -0.25) is 4.79 Å². The molecule has 7 nitrogen and oxygen atoms in total. The van der Waals surface area contributed by atoms with Gasteiger partial charge in [-0.1, -0.05) is 0 Å². The van der Waals surface area contributed by atoms with E-state index in [4.69, 9.17) is 0 Å². The molecule has 1 heterocycles. The van der Waals surface area contributed by atoms with Crippen LogP contribution in [0.1, 0.15) is 6.92 Å². The van der Waals surface area contributed by atoms with Crippen molar-refractivity contribution in [3.8, 4) is 5.75 Å². The summed E-state index contributed by atoms with van der Waals surface area (Å²) in [4.78, 5) is 13.3. The van der Waals surface area contributed by atoms with Gasteiger partial charge in [-0.05, 0) is 31.2 Å². The van der Waals surface area contributed by atoms with E-state index in [9.17, 15) is 26.4 Å². The normalized spacial score (nSPS) is 18.2. The predicted octanol–water partition coefficient (Wildman–Crippen LogP) is 1.11. The maximum atomic E-state index is 12.1. The van der Waals surface area contributed by atoms with Gasteiger partial charge in [0.25, 0.3) is 0 Å². The summed E-state index contributed by atoms with van der Waals surface area (Å²) < 4.78 is 66.3. The Morgan fingerprint density at radius 2 is 1.96 bits per heavy atom. The SMILES string of the molecule is CC1CN(C(=O)CNS(=O)(=O)c2ccc(OC(F)(F)F)cc2)CCN1.Cl. The average Bonchev–Trinajstić information content (AvgIpc) is 2.51. The van der Waals surface area contributed by atoms with E-state index in [1.165, 1.54) is 0 Å². The molecule has 1 atom stereocenters. The summed E-state index contributed by atoms with van der Waals surface area (Å²) in [6, 6.07) is 3.85. The Bertz CT molecular complexity index is 713. The standard InChI is InChI=1S/C14H18F3N3O4S.ClH/c1-10-9-20(7-6-18-10)13(21)8-19-25(22,23)12-4-2-11(3-5-12)24-14(15,16)17;/h2-5,10,18-19H,6-9H2,1H3;1H. The maximum Gasteiger partial charge on any atom is 0.573 e. The molecular weight excluding hydrogens is 399 g/mol. The fourth-order valence-corrected chi connectivity index (χ4v) is 3.31. The first-order valence-corrected chi connectivity index (χ1v) is 8.92. The highest BCUT2D eigenvalue weighted by molar-refractivity contribution is 7.89. The largest absolute Gasteiger partial charge is 0.573 e. The molecule has 1 aromatic rings. The topological polar surface area (TPSA) is 87.7 Å². The third-order valence-corrected chi connectivity index (χ3v) is 4.92. The molecule has 2 rings (SSSR count). The number of piperazine rings is 1. The number of hydrogen-bond acceptors (Lipinski definition) is 5. The van der Waals surface area contributed by atoms with E-state index >= 15 is 0 Å². The predicted molar refractivity (Wildman–Crippen MR) is 89.6 cm³/mol. The zero-order valence-electron chi connectivity index (χ0n) is 13.7.